The molecule has 0 fully saturated rings. The first-order valence-electron chi connectivity index (χ1n) is 9.35. The third-order valence-corrected chi connectivity index (χ3v) is 4.39. The van der Waals surface area contributed by atoms with Crippen molar-refractivity contribution in [2.24, 2.45) is 5.92 Å². The van der Waals surface area contributed by atoms with E-state index in [1.165, 1.54) is 12.1 Å². The number of alkyl halides is 3. The van der Waals surface area contributed by atoms with Crippen molar-refractivity contribution in [2.75, 3.05) is 6.54 Å². The second-order valence-electron chi connectivity index (χ2n) is 7.19. The molecule has 2 N–H and O–H groups in total. The van der Waals surface area contributed by atoms with Gasteiger partial charge in [-0.25, -0.2) is 0 Å². The van der Waals surface area contributed by atoms with Crippen LogP contribution in [0.25, 0.3) is 11.1 Å². The molecule has 0 spiro atoms. The number of nitrogens with zero attached hydrogens (tertiary/aromatic N) is 1. The third kappa shape index (κ3) is 6.61. The van der Waals surface area contributed by atoms with Crippen molar-refractivity contribution in [3.8, 4) is 17.2 Å². The molecule has 2 atom stereocenters. The molecule has 2 rings (SSSR count). The summed E-state index contributed by atoms with van der Waals surface area (Å²) in [6, 6.07) is 14.0. The van der Waals surface area contributed by atoms with Gasteiger partial charge in [-0.1, -0.05) is 62.4 Å². The lowest BCUT2D eigenvalue weighted by atomic mass is 9.97. The Morgan fingerprint density at radius 1 is 1.07 bits per heavy atom. The van der Waals surface area contributed by atoms with Gasteiger partial charge >= 0.3 is 6.18 Å². The van der Waals surface area contributed by atoms with Crippen LogP contribution < -0.4 is 10.6 Å². The first kappa shape index (κ1) is 22.4. The number of carbonyl (C=O) groups excluding carboxylic acids is 1. The lowest BCUT2D eigenvalue weighted by molar-refractivity contribution is -0.161. The van der Waals surface area contributed by atoms with Gasteiger partial charge in [-0.15, -0.1) is 0 Å². The molecule has 7 heteroatoms. The molecule has 4 nitrogen and oxygen atoms in total. The van der Waals surface area contributed by atoms with Gasteiger partial charge in [-0.2, -0.15) is 18.4 Å². The van der Waals surface area contributed by atoms with Gasteiger partial charge in [0.25, 0.3) is 0 Å². The minimum atomic E-state index is -4.60. The fraction of sp³-hybridized carbons (Fsp3) is 0.364. The maximum Gasteiger partial charge on any atom is 0.407 e. The van der Waals surface area contributed by atoms with E-state index < -0.39 is 24.2 Å². The van der Waals surface area contributed by atoms with Crippen molar-refractivity contribution in [2.45, 2.75) is 38.5 Å². The molecular formula is C22H24F3N3O. The average molecular weight is 403 g/mol. The number of nitriles is 1. The van der Waals surface area contributed by atoms with Crippen molar-refractivity contribution in [1.29, 1.82) is 5.26 Å². The monoisotopic (exact) mass is 403 g/mol. The van der Waals surface area contributed by atoms with Crippen LogP contribution in [0.15, 0.2) is 54.6 Å². The number of carbonyl (C=O) groups is 1. The van der Waals surface area contributed by atoms with Gasteiger partial charge in [0.05, 0.1) is 12.1 Å². The second kappa shape index (κ2) is 10.1. The van der Waals surface area contributed by atoms with Crippen LogP contribution in [0.5, 0.6) is 0 Å². The van der Waals surface area contributed by atoms with Gasteiger partial charge in [0.15, 0.2) is 0 Å². The molecule has 0 aliphatic heterocycles. The van der Waals surface area contributed by atoms with Crippen LogP contribution >= 0.6 is 0 Å². The van der Waals surface area contributed by atoms with Gasteiger partial charge in [0, 0.05) is 0 Å². The molecule has 1 amide bonds. The maximum absolute atomic E-state index is 13.9. The highest BCUT2D eigenvalue weighted by atomic mass is 19.4. The van der Waals surface area contributed by atoms with E-state index in [1.807, 2.05) is 44.2 Å². The Bertz CT molecular complexity index is 844. The zero-order valence-corrected chi connectivity index (χ0v) is 16.3. The molecule has 29 heavy (non-hydrogen) atoms. The minimum absolute atomic E-state index is 0.00938. The summed E-state index contributed by atoms with van der Waals surface area (Å²) in [5.74, 6) is -0.626. The standard InChI is InChI=1S/C22H24F3N3O/c1-15(2)13-19(21(29)27-12-11-26)28-20(22(23,24)25)18-10-6-9-17(14-18)16-7-4-3-5-8-16/h3-10,14-15,19-20,28H,12-13H2,1-2H3,(H,27,29)/t19-,20?/m0/s1. The Morgan fingerprint density at radius 3 is 2.31 bits per heavy atom. The lowest BCUT2D eigenvalue weighted by Gasteiger charge is -2.28. The summed E-state index contributed by atoms with van der Waals surface area (Å²) in [6.45, 7) is 3.39. The zero-order valence-electron chi connectivity index (χ0n) is 16.3. The number of nitrogens with one attached hydrogen (secondary N) is 2. The molecule has 0 aliphatic carbocycles. The van der Waals surface area contributed by atoms with Crippen LogP contribution in [0.3, 0.4) is 0 Å². The van der Waals surface area contributed by atoms with E-state index in [1.54, 1.807) is 18.2 Å². The molecule has 0 bridgehead atoms. The minimum Gasteiger partial charge on any atom is -0.342 e. The van der Waals surface area contributed by atoms with E-state index in [9.17, 15) is 18.0 Å². The second-order valence-corrected chi connectivity index (χ2v) is 7.19. The van der Waals surface area contributed by atoms with Crippen molar-refractivity contribution in [3.63, 3.8) is 0 Å². The summed E-state index contributed by atoms with van der Waals surface area (Å²) < 4.78 is 41.7. The fourth-order valence-corrected chi connectivity index (χ4v) is 3.08. The van der Waals surface area contributed by atoms with E-state index in [-0.39, 0.29) is 24.4 Å². The number of hydrogen-bond donors (Lipinski definition) is 2. The molecule has 0 aliphatic rings. The lowest BCUT2D eigenvalue weighted by Crippen LogP contribution is -2.49. The normalized spacial score (nSPS) is 13.6. The quantitative estimate of drug-likeness (QED) is 0.633. The smallest absolute Gasteiger partial charge is 0.342 e. The summed E-state index contributed by atoms with van der Waals surface area (Å²) in [6.07, 6.45) is -4.39. The Hall–Kier alpha value is -2.85. The summed E-state index contributed by atoms with van der Waals surface area (Å²) in [4.78, 5) is 12.3. The van der Waals surface area contributed by atoms with Gasteiger partial charge in [0.1, 0.15) is 12.6 Å². The summed E-state index contributed by atoms with van der Waals surface area (Å²) in [5, 5.41) is 13.5. The van der Waals surface area contributed by atoms with Crippen LogP contribution in [0.4, 0.5) is 13.2 Å². The number of hydrogen-bond acceptors (Lipinski definition) is 3. The molecule has 0 aromatic heterocycles. The molecule has 0 radical (unpaired) electrons. The predicted octanol–water partition coefficient (Wildman–Crippen LogP) is 4.60. The highest BCUT2D eigenvalue weighted by Gasteiger charge is 2.43. The highest BCUT2D eigenvalue weighted by Crippen LogP contribution is 2.35. The number of rotatable bonds is 8. The number of benzene rings is 2. The first-order valence-corrected chi connectivity index (χ1v) is 9.35. The first-order chi connectivity index (χ1) is 13.7. The maximum atomic E-state index is 13.9. The van der Waals surface area contributed by atoms with Crippen LogP contribution in [-0.4, -0.2) is 24.7 Å². The largest absolute Gasteiger partial charge is 0.407 e. The van der Waals surface area contributed by atoms with Crippen LogP contribution in [0, 0.1) is 17.2 Å². The van der Waals surface area contributed by atoms with Crippen molar-refractivity contribution in [3.05, 3.63) is 60.2 Å². The summed E-state index contributed by atoms with van der Waals surface area (Å²) in [5.41, 5.74) is 1.50. The molecule has 0 heterocycles. The summed E-state index contributed by atoms with van der Waals surface area (Å²) in [7, 11) is 0. The van der Waals surface area contributed by atoms with Gasteiger partial charge in [-0.05, 0) is 35.1 Å². The molecule has 2 aromatic rings. The third-order valence-electron chi connectivity index (χ3n) is 4.39. The van der Waals surface area contributed by atoms with Crippen molar-refractivity contribution in [1.82, 2.24) is 10.6 Å². The van der Waals surface area contributed by atoms with Gasteiger partial charge in [-0.3, -0.25) is 10.1 Å². The molecular weight excluding hydrogens is 379 g/mol. The Kier molecular flexibility index (Phi) is 7.80. The Balaban J connectivity index is 2.36. The molecule has 2 aromatic carbocycles. The van der Waals surface area contributed by atoms with Crippen LogP contribution in [0.1, 0.15) is 31.9 Å². The Morgan fingerprint density at radius 2 is 1.72 bits per heavy atom. The SMILES string of the molecule is CC(C)C[C@H](NC(c1cccc(-c2ccccc2)c1)C(F)(F)F)C(=O)NCC#N. The Labute approximate surface area is 168 Å². The van der Waals surface area contributed by atoms with Gasteiger partial charge < -0.3 is 5.32 Å². The van der Waals surface area contributed by atoms with Crippen molar-refractivity contribution < 1.29 is 18.0 Å². The van der Waals surface area contributed by atoms with E-state index in [4.69, 9.17) is 5.26 Å². The van der Waals surface area contributed by atoms with Crippen LogP contribution in [0.2, 0.25) is 0 Å². The molecule has 0 saturated heterocycles. The fourth-order valence-electron chi connectivity index (χ4n) is 3.08. The molecule has 154 valence electrons. The number of halogens is 3. The van der Waals surface area contributed by atoms with E-state index in [0.717, 1.165) is 5.56 Å². The number of amides is 1. The molecule has 1 unspecified atom stereocenters. The predicted molar refractivity (Wildman–Crippen MR) is 106 cm³/mol. The summed E-state index contributed by atoms with van der Waals surface area (Å²) >= 11 is 0. The highest BCUT2D eigenvalue weighted by molar-refractivity contribution is 5.82. The van der Waals surface area contributed by atoms with Crippen LogP contribution in [-0.2, 0) is 4.79 Å². The van der Waals surface area contributed by atoms with E-state index >= 15 is 0 Å². The average Bonchev–Trinajstić information content (AvgIpc) is 2.68. The van der Waals surface area contributed by atoms with E-state index in [0.29, 0.717) is 5.56 Å². The van der Waals surface area contributed by atoms with E-state index in [2.05, 4.69) is 10.6 Å². The topological polar surface area (TPSA) is 64.9 Å². The zero-order chi connectivity index (χ0) is 21.4. The molecule has 0 saturated carbocycles. The van der Waals surface area contributed by atoms with Crippen molar-refractivity contribution >= 4 is 5.91 Å². The van der Waals surface area contributed by atoms with Gasteiger partial charge in [0.2, 0.25) is 5.91 Å².